The van der Waals surface area contributed by atoms with E-state index in [1.165, 1.54) is 44.1 Å². The van der Waals surface area contributed by atoms with Crippen LogP contribution in [0.1, 0.15) is 77.6 Å². The molecule has 140 valence electrons. The fraction of sp³-hybridized carbons (Fsp3) is 0.682. The highest BCUT2D eigenvalue weighted by molar-refractivity contribution is 5.66. The van der Waals surface area contributed by atoms with Crippen LogP contribution in [-0.2, 0) is 4.79 Å². The Hall–Kier alpha value is -1.35. The number of rotatable bonds is 11. The number of aliphatic hydroxyl groups excluding tert-OH is 1. The highest BCUT2D eigenvalue weighted by Gasteiger charge is 2.33. The van der Waals surface area contributed by atoms with Gasteiger partial charge in [0, 0.05) is 6.42 Å². The molecule has 0 bridgehead atoms. The van der Waals surface area contributed by atoms with Crippen molar-refractivity contribution in [1.29, 1.82) is 0 Å². The third-order valence-corrected chi connectivity index (χ3v) is 5.62. The first-order valence-electron chi connectivity index (χ1n) is 10.1. The minimum Gasteiger partial charge on any atom is -0.481 e. The van der Waals surface area contributed by atoms with Crippen LogP contribution in [0.25, 0.3) is 0 Å². The van der Waals surface area contributed by atoms with E-state index in [4.69, 9.17) is 5.11 Å². The minimum atomic E-state index is -0.755. The number of hydrogen-bond acceptors (Lipinski definition) is 2. The number of fused-ring (bicyclic) bond motifs is 1. The van der Waals surface area contributed by atoms with Crippen LogP contribution in [0.15, 0.2) is 35.5 Å². The van der Waals surface area contributed by atoms with Crippen molar-refractivity contribution in [2.24, 2.45) is 11.8 Å². The summed E-state index contributed by atoms with van der Waals surface area (Å²) in [6.07, 6.45) is 19.1. The van der Waals surface area contributed by atoms with Gasteiger partial charge in [-0.1, -0.05) is 49.6 Å². The van der Waals surface area contributed by atoms with E-state index in [0.29, 0.717) is 18.8 Å². The highest BCUT2D eigenvalue weighted by Crippen LogP contribution is 2.46. The van der Waals surface area contributed by atoms with Gasteiger partial charge in [-0.3, -0.25) is 4.79 Å². The van der Waals surface area contributed by atoms with Crippen LogP contribution in [0.4, 0.5) is 0 Å². The van der Waals surface area contributed by atoms with Crippen molar-refractivity contribution in [1.82, 2.24) is 0 Å². The predicted molar refractivity (Wildman–Crippen MR) is 102 cm³/mol. The van der Waals surface area contributed by atoms with Gasteiger partial charge in [0.25, 0.3) is 0 Å². The van der Waals surface area contributed by atoms with Gasteiger partial charge in [-0.2, -0.15) is 0 Å². The van der Waals surface area contributed by atoms with Gasteiger partial charge in [-0.15, -0.1) is 0 Å². The molecule has 3 unspecified atom stereocenters. The van der Waals surface area contributed by atoms with E-state index >= 15 is 0 Å². The fourth-order valence-electron chi connectivity index (χ4n) is 4.21. The standard InChI is InChI=1S/C22H34O3/c1-2-3-4-11-21-18(16-17-9-5-7-12-20(17)21)14-15-19(23)10-6-8-13-22(24)25/h5,7,14-15,17,19-20,23H,2-4,6,8-13,16H2,1H3,(H,24,25)/b15-14+. The van der Waals surface area contributed by atoms with E-state index in [1.54, 1.807) is 5.57 Å². The Morgan fingerprint density at radius 3 is 2.80 bits per heavy atom. The van der Waals surface area contributed by atoms with Gasteiger partial charge in [-0.25, -0.2) is 0 Å². The lowest BCUT2D eigenvalue weighted by atomic mass is 9.81. The summed E-state index contributed by atoms with van der Waals surface area (Å²) in [6, 6.07) is 0. The van der Waals surface area contributed by atoms with Crippen molar-refractivity contribution >= 4 is 5.97 Å². The largest absolute Gasteiger partial charge is 0.481 e. The molecule has 0 spiro atoms. The van der Waals surface area contributed by atoms with Crippen molar-refractivity contribution in [3.05, 3.63) is 35.5 Å². The van der Waals surface area contributed by atoms with Crippen LogP contribution in [0.2, 0.25) is 0 Å². The highest BCUT2D eigenvalue weighted by atomic mass is 16.4. The second-order valence-corrected chi connectivity index (χ2v) is 7.59. The molecule has 0 radical (unpaired) electrons. The van der Waals surface area contributed by atoms with Gasteiger partial charge in [0.1, 0.15) is 0 Å². The normalized spacial score (nSPS) is 24.1. The lowest BCUT2D eigenvalue weighted by molar-refractivity contribution is -0.137. The quantitative estimate of drug-likeness (QED) is 0.388. The number of hydrogen-bond donors (Lipinski definition) is 2. The SMILES string of the molecule is CCCCCC1=C(/C=C/C(O)CCCCC(=O)O)CC2CC=CCC12. The van der Waals surface area contributed by atoms with Crippen molar-refractivity contribution < 1.29 is 15.0 Å². The Labute approximate surface area is 152 Å². The Balaban J connectivity index is 1.90. The number of unbranched alkanes of at least 4 members (excludes halogenated alkanes) is 3. The molecule has 0 heterocycles. The zero-order valence-electron chi connectivity index (χ0n) is 15.6. The summed E-state index contributed by atoms with van der Waals surface area (Å²) in [7, 11) is 0. The molecule has 3 nitrogen and oxygen atoms in total. The summed E-state index contributed by atoms with van der Waals surface area (Å²) < 4.78 is 0. The Kier molecular flexibility index (Phi) is 8.47. The van der Waals surface area contributed by atoms with Crippen molar-refractivity contribution in [3.8, 4) is 0 Å². The number of allylic oxidation sites excluding steroid dienone is 5. The molecule has 3 atom stereocenters. The van der Waals surface area contributed by atoms with E-state index in [1.807, 2.05) is 6.08 Å². The van der Waals surface area contributed by atoms with Crippen LogP contribution < -0.4 is 0 Å². The smallest absolute Gasteiger partial charge is 0.303 e. The van der Waals surface area contributed by atoms with E-state index in [0.717, 1.165) is 18.8 Å². The molecular weight excluding hydrogens is 312 g/mol. The van der Waals surface area contributed by atoms with Crippen molar-refractivity contribution in [2.75, 3.05) is 0 Å². The topological polar surface area (TPSA) is 57.5 Å². The predicted octanol–water partition coefficient (Wildman–Crippen LogP) is 5.41. The first-order chi connectivity index (χ1) is 12.1. The fourth-order valence-corrected chi connectivity index (χ4v) is 4.21. The average Bonchev–Trinajstić information content (AvgIpc) is 2.95. The Bertz CT molecular complexity index is 515. The molecule has 0 aliphatic heterocycles. The van der Waals surface area contributed by atoms with Gasteiger partial charge < -0.3 is 10.2 Å². The zero-order chi connectivity index (χ0) is 18.1. The monoisotopic (exact) mass is 346 g/mol. The molecule has 0 aromatic heterocycles. The summed E-state index contributed by atoms with van der Waals surface area (Å²) in [5, 5.41) is 18.8. The van der Waals surface area contributed by atoms with E-state index in [2.05, 4.69) is 25.2 Å². The third kappa shape index (κ3) is 6.47. The van der Waals surface area contributed by atoms with Gasteiger partial charge >= 0.3 is 5.97 Å². The number of carboxylic acids is 1. The summed E-state index contributed by atoms with van der Waals surface area (Å²) in [5.74, 6) is 0.720. The summed E-state index contributed by atoms with van der Waals surface area (Å²) in [6.45, 7) is 2.25. The Morgan fingerprint density at radius 2 is 2.04 bits per heavy atom. The summed E-state index contributed by atoms with van der Waals surface area (Å²) in [4.78, 5) is 10.5. The van der Waals surface area contributed by atoms with Gasteiger partial charge in [0.15, 0.2) is 0 Å². The van der Waals surface area contributed by atoms with Crippen molar-refractivity contribution in [3.63, 3.8) is 0 Å². The molecule has 0 saturated heterocycles. The van der Waals surface area contributed by atoms with Crippen LogP contribution in [0.5, 0.6) is 0 Å². The number of carbonyl (C=O) groups is 1. The molecule has 2 aliphatic rings. The second kappa shape index (κ2) is 10.6. The van der Waals surface area contributed by atoms with Gasteiger partial charge in [0.2, 0.25) is 0 Å². The minimum absolute atomic E-state index is 0.194. The molecule has 25 heavy (non-hydrogen) atoms. The molecule has 2 aliphatic carbocycles. The average molecular weight is 347 g/mol. The molecule has 3 heteroatoms. The molecule has 2 N–H and O–H groups in total. The maximum absolute atomic E-state index is 10.5. The first kappa shape index (κ1) is 20.0. The van der Waals surface area contributed by atoms with E-state index in [-0.39, 0.29) is 6.42 Å². The molecule has 0 fully saturated rings. The van der Waals surface area contributed by atoms with Crippen LogP contribution >= 0.6 is 0 Å². The number of aliphatic hydroxyl groups is 1. The van der Waals surface area contributed by atoms with E-state index < -0.39 is 12.1 Å². The maximum atomic E-state index is 10.5. The lowest BCUT2D eigenvalue weighted by Crippen LogP contribution is -2.13. The zero-order valence-corrected chi connectivity index (χ0v) is 15.6. The third-order valence-electron chi connectivity index (χ3n) is 5.62. The Morgan fingerprint density at radius 1 is 1.24 bits per heavy atom. The maximum Gasteiger partial charge on any atom is 0.303 e. The molecule has 0 aromatic rings. The van der Waals surface area contributed by atoms with Crippen LogP contribution in [0.3, 0.4) is 0 Å². The van der Waals surface area contributed by atoms with Gasteiger partial charge in [-0.05, 0) is 68.8 Å². The lowest BCUT2D eigenvalue weighted by Gasteiger charge is -2.24. The number of aliphatic carboxylic acids is 1. The van der Waals surface area contributed by atoms with Crippen LogP contribution in [-0.4, -0.2) is 22.3 Å². The van der Waals surface area contributed by atoms with Crippen LogP contribution in [0, 0.1) is 11.8 Å². The van der Waals surface area contributed by atoms with E-state index in [9.17, 15) is 9.90 Å². The molecule has 0 saturated carbocycles. The second-order valence-electron chi connectivity index (χ2n) is 7.59. The first-order valence-corrected chi connectivity index (χ1v) is 10.1. The molecule has 0 amide bonds. The summed E-state index contributed by atoms with van der Waals surface area (Å²) in [5.41, 5.74) is 3.09. The van der Waals surface area contributed by atoms with Crippen molar-refractivity contribution in [2.45, 2.75) is 83.7 Å². The molecular formula is C22H34O3. The van der Waals surface area contributed by atoms with Gasteiger partial charge in [0.05, 0.1) is 6.10 Å². The number of carboxylic acid groups (broad SMARTS) is 1. The molecule has 2 rings (SSSR count). The molecule has 0 aromatic carbocycles. The summed E-state index contributed by atoms with van der Waals surface area (Å²) >= 11 is 0.